The number of methoxy groups -OCH3 is 1. The molecule has 2 aliphatic heterocycles. The fraction of sp³-hybridized carbons (Fsp3) is 0.440. The fourth-order valence-electron chi connectivity index (χ4n) is 4.89. The molecular weight excluding hydrogens is 392 g/mol. The van der Waals surface area contributed by atoms with Crippen molar-refractivity contribution in [1.82, 2.24) is 9.80 Å². The Labute approximate surface area is 184 Å². The molecule has 0 radical (unpaired) electrons. The summed E-state index contributed by atoms with van der Waals surface area (Å²) in [5.41, 5.74) is 3.68. The first-order chi connectivity index (χ1) is 15.0. The van der Waals surface area contributed by atoms with E-state index < -0.39 is 0 Å². The van der Waals surface area contributed by atoms with Crippen LogP contribution in [0.2, 0.25) is 0 Å². The Hall–Kier alpha value is -2.70. The van der Waals surface area contributed by atoms with Gasteiger partial charge in [0.05, 0.1) is 11.5 Å². The van der Waals surface area contributed by atoms with Gasteiger partial charge in [0.1, 0.15) is 0 Å². The highest BCUT2D eigenvalue weighted by atomic mass is 16.5. The summed E-state index contributed by atoms with van der Waals surface area (Å²) < 4.78 is 5.62. The second-order valence-corrected chi connectivity index (χ2v) is 8.43. The molecule has 2 heterocycles. The summed E-state index contributed by atoms with van der Waals surface area (Å²) in [4.78, 5) is 25.7. The predicted molar refractivity (Wildman–Crippen MR) is 121 cm³/mol. The lowest BCUT2D eigenvalue weighted by Crippen LogP contribution is -2.56. The van der Waals surface area contributed by atoms with Gasteiger partial charge in [-0.2, -0.15) is 0 Å². The maximum absolute atomic E-state index is 12.9. The van der Waals surface area contributed by atoms with Crippen molar-refractivity contribution in [2.24, 2.45) is 5.41 Å². The van der Waals surface area contributed by atoms with E-state index >= 15 is 0 Å². The molecule has 0 aromatic heterocycles. The van der Waals surface area contributed by atoms with Crippen LogP contribution in [0.5, 0.6) is 0 Å². The van der Waals surface area contributed by atoms with E-state index in [4.69, 9.17) is 14.6 Å². The van der Waals surface area contributed by atoms with E-state index in [0.29, 0.717) is 12.5 Å². The van der Waals surface area contributed by atoms with Crippen LogP contribution >= 0.6 is 0 Å². The highest BCUT2D eigenvalue weighted by Gasteiger charge is 2.47. The van der Waals surface area contributed by atoms with Crippen LogP contribution in [-0.2, 0) is 20.9 Å². The maximum Gasteiger partial charge on any atom is 0.290 e. The van der Waals surface area contributed by atoms with Gasteiger partial charge in [-0.25, -0.2) is 0 Å². The van der Waals surface area contributed by atoms with Crippen molar-refractivity contribution in [2.75, 3.05) is 33.8 Å². The molecule has 0 bridgehead atoms. The van der Waals surface area contributed by atoms with Gasteiger partial charge in [0, 0.05) is 27.2 Å². The number of rotatable bonds is 4. The highest BCUT2D eigenvalue weighted by molar-refractivity contribution is 5.83. The molecule has 2 saturated heterocycles. The van der Waals surface area contributed by atoms with E-state index in [1.54, 1.807) is 7.11 Å². The Kier molecular flexibility index (Phi) is 7.82. The average Bonchev–Trinajstić information content (AvgIpc) is 2.80. The van der Waals surface area contributed by atoms with E-state index in [2.05, 4.69) is 59.5 Å². The number of carbonyl (C=O) groups is 2. The molecule has 0 aliphatic carbocycles. The third-order valence-electron chi connectivity index (χ3n) is 6.54. The van der Waals surface area contributed by atoms with E-state index in [0.717, 1.165) is 38.9 Å². The fourth-order valence-corrected chi connectivity index (χ4v) is 4.89. The van der Waals surface area contributed by atoms with Crippen LogP contribution in [0.4, 0.5) is 0 Å². The number of piperidine rings is 2. The molecule has 1 atom stereocenters. The molecule has 166 valence electrons. The van der Waals surface area contributed by atoms with Crippen LogP contribution in [0.1, 0.15) is 24.8 Å². The monoisotopic (exact) mass is 424 g/mol. The number of carboxylic acid groups (broad SMARTS) is 1. The molecule has 1 amide bonds. The van der Waals surface area contributed by atoms with Crippen molar-refractivity contribution in [3.05, 3.63) is 60.2 Å². The number of hydrogen-bond acceptors (Lipinski definition) is 4. The zero-order valence-corrected chi connectivity index (χ0v) is 18.4. The minimum Gasteiger partial charge on any atom is -0.483 e. The van der Waals surface area contributed by atoms with Gasteiger partial charge >= 0.3 is 0 Å². The number of likely N-dealkylation sites (tertiary alicyclic amines) is 2. The van der Waals surface area contributed by atoms with Crippen molar-refractivity contribution in [3.63, 3.8) is 0 Å². The number of likely N-dealkylation sites (N-methyl/N-ethyl adjacent to an activating group) is 1. The molecule has 6 nitrogen and oxygen atoms in total. The third kappa shape index (κ3) is 5.32. The average molecular weight is 425 g/mol. The minimum absolute atomic E-state index is 0.160. The Balaban J connectivity index is 0.000000858. The lowest BCUT2D eigenvalue weighted by atomic mass is 9.71. The molecule has 1 N–H and O–H groups in total. The van der Waals surface area contributed by atoms with E-state index in [1.165, 1.54) is 16.7 Å². The summed E-state index contributed by atoms with van der Waals surface area (Å²) in [7, 11) is 3.68. The van der Waals surface area contributed by atoms with Crippen LogP contribution in [0.3, 0.4) is 0 Å². The summed E-state index contributed by atoms with van der Waals surface area (Å²) in [5, 5.41) is 6.89. The van der Waals surface area contributed by atoms with Crippen molar-refractivity contribution in [2.45, 2.75) is 31.9 Å². The zero-order valence-electron chi connectivity index (χ0n) is 18.4. The highest BCUT2D eigenvalue weighted by Crippen LogP contribution is 2.41. The molecule has 31 heavy (non-hydrogen) atoms. The smallest absolute Gasteiger partial charge is 0.290 e. The summed E-state index contributed by atoms with van der Waals surface area (Å²) in [5.74, 6) is 0.310. The molecule has 2 aromatic carbocycles. The van der Waals surface area contributed by atoms with Gasteiger partial charge in [0.15, 0.2) is 0 Å². The normalized spacial score (nSPS) is 20.8. The SMILES string of the molecule is COC1CN(C)C(=O)C2(CCN(Cc3ccccc3-c3ccccc3)CC2)C1.O=CO. The van der Waals surface area contributed by atoms with Crippen molar-refractivity contribution >= 4 is 12.4 Å². The van der Waals surface area contributed by atoms with Gasteiger partial charge in [-0.1, -0.05) is 54.6 Å². The van der Waals surface area contributed by atoms with E-state index in [9.17, 15) is 4.79 Å². The molecule has 2 aromatic rings. The summed E-state index contributed by atoms with van der Waals surface area (Å²) in [6.07, 6.45) is 2.86. The standard InChI is InChI=1S/C24H30N2O2.CH2O2/c1-25-18-21(28-2)16-24(23(25)27)12-14-26(15-13-24)17-20-10-6-7-11-22(20)19-8-4-3-5-9-19;2-1-3/h3-11,21H,12-18H2,1-2H3;1H,(H,2,3). The molecular formula is C25H32N2O4. The first kappa shape index (κ1) is 23.0. The summed E-state index contributed by atoms with van der Waals surface area (Å²) in [6.45, 7) is 3.31. The quantitative estimate of drug-likeness (QED) is 0.761. The van der Waals surface area contributed by atoms with Gasteiger partial charge in [0.2, 0.25) is 5.91 Å². The largest absolute Gasteiger partial charge is 0.483 e. The number of hydrogen-bond donors (Lipinski definition) is 1. The zero-order chi connectivity index (χ0) is 22.3. The Morgan fingerprint density at radius 1 is 1.10 bits per heavy atom. The second-order valence-electron chi connectivity index (χ2n) is 8.43. The summed E-state index contributed by atoms with van der Waals surface area (Å²) in [6, 6.07) is 19.3. The van der Waals surface area contributed by atoms with Gasteiger partial charge in [-0.05, 0) is 49.0 Å². The van der Waals surface area contributed by atoms with Crippen molar-refractivity contribution in [3.8, 4) is 11.1 Å². The lowest BCUT2D eigenvalue weighted by Gasteiger charge is -2.47. The van der Waals surface area contributed by atoms with Crippen LogP contribution in [-0.4, -0.2) is 67.2 Å². The van der Waals surface area contributed by atoms with E-state index in [-0.39, 0.29) is 18.0 Å². The molecule has 1 spiro atoms. The van der Waals surface area contributed by atoms with Gasteiger partial charge in [-0.15, -0.1) is 0 Å². The Bertz CT molecular complexity index is 863. The van der Waals surface area contributed by atoms with Gasteiger partial charge < -0.3 is 14.7 Å². The lowest BCUT2D eigenvalue weighted by molar-refractivity contribution is -0.156. The Morgan fingerprint density at radius 2 is 1.71 bits per heavy atom. The van der Waals surface area contributed by atoms with Crippen LogP contribution in [0.15, 0.2) is 54.6 Å². The number of benzene rings is 2. The Morgan fingerprint density at radius 3 is 2.35 bits per heavy atom. The number of nitrogens with zero attached hydrogens (tertiary/aromatic N) is 2. The molecule has 1 unspecified atom stereocenters. The molecule has 2 fully saturated rings. The molecule has 2 aliphatic rings. The minimum atomic E-state index is -0.250. The molecule has 4 rings (SSSR count). The predicted octanol–water partition coefficient (Wildman–Crippen LogP) is 3.51. The first-order valence-electron chi connectivity index (χ1n) is 10.7. The number of ether oxygens (including phenoxy) is 1. The maximum atomic E-state index is 12.9. The third-order valence-corrected chi connectivity index (χ3v) is 6.54. The van der Waals surface area contributed by atoms with Crippen molar-refractivity contribution in [1.29, 1.82) is 0 Å². The van der Waals surface area contributed by atoms with Crippen LogP contribution in [0.25, 0.3) is 11.1 Å². The molecule has 0 saturated carbocycles. The topological polar surface area (TPSA) is 70.1 Å². The first-order valence-corrected chi connectivity index (χ1v) is 10.7. The van der Waals surface area contributed by atoms with Crippen LogP contribution in [0, 0.1) is 5.41 Å². The number of amides is 1. The van der Waals surface area contributed by atoms with E-state index in [1.807, 2.05) is 11.9 Å². The second kappa shape index (κ2) is 10.6. The van der Waals surface area contributed by atoms with Gasteiger partial charge in [0.25, 0.3) is 6.47 Å². The van der Waals surface area contributed by atoms with Crippen LogP contribution < -0.4 is 0 Å². The van der Waals surface area contributed by atoms with Crippen molar-refractivity contribution < 1.29 is 19.4 Å². The van der Waals surface area contributed by atoms with Gasteiger partial charge in [-0.3, -0.25) is 14.5 Å². The summed E-state index contributed by atoms with van der Waals surface area (Å²) >= 11 is 0. The number of carbonyl (C=O) groups excluding carboxylic acids is 1. The molecule has 6 heteroatoms.